The molecule has 1 aromatic heterocycles. The second kappa shape index (κ2) is 3.86. The average molecular weight is 276 g/mol. The average Bonchev–Trinajstić information content (AvgIpc) is 2.79. The van der Waals surface area contributed by atoms with Gasteiger partial charge in [0.15, 0.2) is 3.95 Å². The fourth-order valence-corrected chi connectivity index (χ4v) is 3.12. The quantitative estimate of drug-likeness (QED) is 0.769. The molecule has 2 aromatic rings. The van der Waals surface area contributed by atoms with E-state index in [1.165, 1.54) is 11.3 Å². The SMILES string of the molecule is Cc1cccc2c1=NC(=O)C=2c1sc(=S)[nH]c1O. The third-order valence-corrected chi connectivity index (χ3v) is 4.03. The van der Waals surface area contributed by atoms with Crippen molar-refractivity contribution in [2.45, 2.75) is 6.92 Å². The molecule has 0 aliphatic carbocycles. The lowest BCUT2D eigenvalue weighted by atomic mass is 10.1. The van der Waals surface area contributed by atoms with Gasteiger partial charge in [-0.15, -0.1) is 11.3 Å². The smallest absolute Gasteiger partial charge is 0.279 e. The zero-order valence-corrected chi connectivity index (χ0v) is 11.0. The summed E-state index contributed by atoms with van der Waals surface area (Å²) >= 11 is 6.14. The van der Waals surface area contributed by atoms with E-state index in [4.69, 9.17) is 12.2 Å². The number of aromatic amines is 1. The van der Waals surface area contributed by atoms with Gasteiger partial charge in [0.1, 0.15) is 4.88 Å². The monoisotopic (exact) mass is 276 g/mol. The molecule has 1 aromatic carbocycles. The molecular formula is C12H8N2O2S2. The highest BCUT2D eigenvalue weighted by Crippen LogP contribution is 2.29. The van der Waals surface area contributed by atoms with E-state index in [2.05, 4.69) is 9.98 Å². The number of benzene rings is 1. The Morgan fingerprint density at radius 1 is 1.44 bits per heavy atom. The van der Waals surface area contributed by atoms with Crippen LogP contribution in [0, 0.1) is 10.9 Å². The summed E-state index contributed by atoms with van der Waals surface area (Å²) in [6, 6.07) is 5.59. The van der Waals surface area contributed by atoms with E-state index in [9.17, 15) is 9.90 Å². The number of aromatic nitrogens is 1. The summed E-state index contributed by atoms with van der Waals surface area (Å²) in [5.41, 5.74) is 1.36. The molecule has 18 heavy (non-hydrogen) atoms. The van der Waals surface area contributed by atoms with E-state index < -0.39 is 0 Å². The van der Waals surface area contributed by atoms with Crippen LogP contribution in [0.1, 0.15) is 10.4 Å². The van der Waals surface area contributed by atoms with Crippen molar-refractivity contribution < 1.29 is 9.90 Å². The number of aryl methyl sites for hydroxylation is 1. The third kappa shape index (κ3) is 1.53. The maximum atomic E-state index is 12.0. The maximum Gasteiger partial charge on any atom is 0.279 e. The zero-order chi connectivity index (χ0) is 12.9. The Balaban J connectivity index is 2.46. The number of nitrogens with zero attached hydrogens (tertiary/aromatic N) is 1. The lowest BCUT2D eigenvalue weighted by molar-refractivity contribution is -0.112. The number of H-pyrrole nitrogens is 1. The van der Waals surface area contributed by atoms with E-state index in [1.807, 2.05) is 25.1 Å². The highest BCUT2D eigenvalue weighted by molar-refractivity contribution is 7.73. The van der Waals surface area contributed by atoms with Gasteiger partial charge < -0.3 is 10.1 Å². The second-order valence-electron chi connectivity index (χ2n) is 3.96. The van der Waals surface area contributed by atoms with E-state index in [1.54, 1.807) is 0 Å². The van der Waals surface area contributed by atoms with E-state index in [0.717, 1.165) is 10.8 Å². The van der Waals surface area contributed by atoms with Crippen molar-refractivity contribution in [2.75, 3.05) is 0 Å². The van der Waals surface area contributed by atoms with Crippen LogP contribution in [-0.4, -0.2) is 16.0 Å². The van der Waals surface area contributed by atoms with Crippen LogP contribution in [0.15, 0.2) is 23.2 Å². The summed E-state index contributed by atoms with van der Waals surface area (Å²) in [6.45, 7) is 1.90. The number of hydrogen-bond acceptors (Lipinski definition) is 4. The van der Waals surface area contributed by atoms with Crippen LogP contribution < -0.4 is 10.6 Å². The van der Waals surface area contributed by atoms with Crippen molar-refractivity contribution >= 4 is 35.0 Å². The van der Waals surface area contributed by atoms with Crippen LogP contribution in [0.2, 0.25) is 0 Å². The van der Waals surface area contributed by atoms with Crippen LogP contribution in [-0.2, 0) is 4.79 Å². The van der Waals surface area contributed by atoms with Crippen LogP contribution in [0.5, 0.6) is 5.88 Å². The molecule has 0 radical (unpaired) electrons. The van der Waals surface area contributed by atoms with Crippen molar-refractivity contribution in [2.24, 2.45) is 4.99 Å². The molecule has 1 aliphatic heterocycles. The largest absolute Gasteiger partial charge is 0.494 e. The molecule has 0 unspecified atom stereocenters. The maximum absolute atomic E-state index is 12.0. The highest BCUT2D eigenvalue weighted by atomic mass is 32.1. The molecule has 0 atom stereocenters. The summed E-state index contributed by atoms with van der Waals surface area (Å²) in [5.74, 6) is -0.405. The summed E-state index contributed by atoms with van der Waals surface area (Å²) in [7, 11) is 0. The van der Waals surface area contributed by atoms with E-state index in [0.29, 0.717) is 19.8 Å². The normalized spacial score (nSPS) is 13.6. The van der Waals surface area contributed by atoms with Crippen LogP contribution in [0.3, 0.4) is 0 Å². The standard InChI is InChI=1S/C12H8N2O2S2/c1-5-3-2-4-6-7(10(15)13-8(5)6)9-11(16)14-12(17)18-9/h2-4,16H,1H3,(H,14,17). The Hall–Kier alpha value is -1.79. The van der Waals surface area contributed by atoms with Gasteiger partial charge in [-0.3, -0.25) is 4.79 Å². The Labute approximate surface area is 111 Å². The Morgan fingerprint density at radius 2 is 2.22 bits per heavy atom. The third-order valence-electron chi connectivity index (χ3n) is 2.79. The topological polar surface area (TPSA) is 65.5 Å². The number of hydrogen-bond donors (Lipinski definition) is 2. The van der Waals surface area contributed by atoms with Crippen molar-refractivity contribution in [3.05, 3.63) is 43.2 Å². The highest BCUT2D eigenvalue weighted by Gasteiger charge is 2.23. The van der Waals surface area contributed by atoms with Gasteiger partial charge in [-0.25, -0.2) is 4.99 Å². The van der Waals surface area contributed by atoms with Crippen molar-refractivity contribution in [1.29, 1.82) is 0 Å². The molecule has 2 N–H and O–H groups in total. The molecule has 2 heterocycles. The van der Waals surface area contributed by atoms with Gasteiger partial charge in [-0.05, 0) is 24.7 Å². The van der Waals surface area contributed by atoms with Gasteiger partial charge >= 0.3 is 0 Å². The first-order valence-corrected chi connectivity index (χ1v) is 6.46. The number of rotatable bonds is 1. The molecule has 0 saturated carbocycles. The molecular weight excluding hydrogens is 268 g/mol. The molecule has 0 fully saturated rings. The van der Waals surface area contributed by atoms with Crippen molar-refractivity contribution in [3.63, 3.8) is 0 Å². The van der Waals surface area contributed by atoms with Gasteiger partial charge in [-0.2, -0.15) is 0 Å². The first-order valence-electron chi connectivity index (χ1n) is 5.23. The number of fused-ring (bicyclic) bond motifs is 1. The number of aromatic hydroxyl groups is 1. The minimum atomic E-state index is -0.333. The lowest BCUT2D eigenvalue weighted by Gasteiger charge is -1.96. The number of amides is 1. The van der Waals surface area contributed by atoms with Gasteiger partial charge in [0.2, 0.25) is 5.88 Å². The molecule has 3 rings (SSSR count). The molecule has 0 spiro atoms. The Bertz CT molecular complexity index is 846. The number of carbonyl (C=O) groups excluding carboxylic acids is 1. The van der Waals surface area contributed by atoms with Crippen molar-refractivity contribution in [1.82, 2.24) is 4.98 Å². The Morgan fingerprint density at radius 3 is 2.89 bits per heavy atom. The minimum absolute atomic E-state index is 0.0714. The minimum Gasteiger partial charge on any atom is -0.494 e. The fraction of sp³-hybridized carbons (Fsp3) is 0.0833. The summed E-state index contributed by atoms with van der Waals surface area (Å²) < 4.78 is 0.434. The summed E-state index contributed by atoms with van der Waals surface area (Å²) in [6.07, 6.45) is 0. The second-order valence-corrected chi connectivity index (χ2v) is 5.64. The molecule has 6 heteroatoms. The molecule has 4 nitrogen and oxygen atoms in total. The number of thiazole rings is 1. The summed E-state index contributed by atoms with van der Waals surface area (Å²) in [5, 5.41) is 11.2. The Kier molecular flexibility index (Phi) is 2.42. The van der Waals surface area contributed by atoms with Gasteiger partial charge in [-0.1, -0.05) is 18.2 Å². The zero-order valence-electron chi connectivity index (χ0n) is 9.35. The van der Waals surface area contributed by atoms with Gasteiger partial charge in [0.25, 0.3) is 5.91 Å². The van der Waals surface area contributed by atoms with Crippen molar-refractivity contribution in [3.8, 4) is 5.88 Å². The predicted molar refractivity (Wildman–Crippen MR) is 70.6 cm³/mol. The molecule has 90 valence electrons. The number of para-hydroxylation sites is 1. The molecule has 0 saturated heterocycles. The van der Waals surface area contributed by atoms with E-state index in [-0.39, 0.29) is 11.8 Å². The number of nitrogens with one attached hydrogen (secondary N) is 1. The van der Waals surface area contributed by atoms with Crippen LogP contribution in [0.4, 0.5) is 0 Å². The predicted octanol–water partition coefficient (Wildman–Crippen LogP) is 1.18. The van der Waals surface area contributed by atoms with Gasteiger partial charge in [0, 0.05) is 5.22 Å². The molecule has 1 aliphatic rings. The van der Waals surface area contributed by atoms with Gasteiger partial charge in [0.05, 0.1) is 10.9 Å². The van der Waals surface area contributed by atoms with Crippen LogP contribution in [0.25, 0.3) is 5.57 Å². The first kappa shape index (κ1) is 11.3. The van der Waals surface area contributed by atoms with E-state index >= 15 is 0 Å². The first-order chi connectivity index (χ1) is 8.58. The fourth-order valence-electron chi connectivity index (χ4n) is 1.99. The lowest BCUT2D eigenvalue weighted by Crippen LogP contribution is -2.25. The van der Waals surface area contributed by atoms with Crippen LogP contribution >= 0.6 is 23.6 Å². The summed E-state index contributed by atoms with van der Waals surface area (Å²) in [4.78, 5) is 19.1. The molecule has 0 bridgehead atoms. The number of carbonyl (C=O) groups is 1. The molecule has 1 amide bonds.